The second kappa shape index (κ2) is 5.40. The number of aryl methyl sites for hydroxylation is 1. The van der Waals surface area contributed by atoms with Gasteiger partial charge >= 0.3 is 0 Å². The van der Waals surface area contributed by atoms with Crippen molar-refractivity contribution in [3.05, 3.63) is 46.5 Å². The third-order valence-electron chi connectivity index (χ3n) is 2.71. The molecule has 0 aliphatic heterocycles. The summed E-state index contributed by atoms with van der Waals surface area (Å²) in [5.41, 5.74) is 6.26. The van der Waals surface area contributed by atoms with Gasteiger partial charge < -0.3 is 5.73 Å². The van der Waals surface area contributed by atoms with Crippen molar-refractivity contribution in [2.75, 3.05) is 5.73 Å². The van der Waals surface area contributed by atoms with E-state index in [2.05, 4.69) is 5.10 Å². The lowest BCUT2D eigenvalue weighted by Gasteiger charge is -2.08. The van der Waals surface area contributed by atoms with E-state index in [0.29, 0.717) is 6.54 Å². The standard InChI is InChI=1S/C13H13ClFN3O/c1-2-5-18-12(10(14)7-17-18)13(19)9-6-8(15)3-4-11(9)16/h3-4,6-7H,2,5,16H2,1H3. The minimum atomic E-state index is -0.518. The summed E-state index contributed by atoms with van der Waals surface area (Å²) in [6, 6.07) is 3.67. The number of hydrogen-bond acceptors (Lipinski definition) is 3. The monoisotopic (exact) mass is 281 g/mol. The number of anilines is 1. The van der Waals surface area contributed by atoms with Crippen molar-refractivity contribution >= 4 is 23.1 Å². The lowest BCUT2D eigenvalue weighted by Crippen LogP contribution is -2.13. The highest BCUT2D eigenvalue weighted by Gasteiger charge is 2.21. The van der Waals surface area contributed by atoms with Crippen LogP contribution in [-0.4, -0.2) is 15.6 Å². The molecule has 0 spiro atoms. The Hall–Kier alpha value is -1.88. The molecular weight excluding hydrogens is 269 g/mol. The van der Waals surface area contributed by atoms with Gasteiger partial charge in [-0.2, -0.15) is 5.10 Å². The van der Waals surface area contributed by atoms with Gasteiger partial charge in [0.05, 0.1) is 16.8 Å². The first-order valence-electron chi connectivity index (χ1n) is 5.85. The van der Waals surface area contributed by atoms with Gasteiger partial charge in [0.2, 0.25) is 5.78 Å². The topological polar surface area (TPSA) is 60.9 Å². The number of aromatic nitrogens is 2. The Bertz CT molecular complexity index is 624. The molecule has 19 heavy (non-hydrogen) atoms. The molecule has 0 saturated heterocycles. The van der Waals surface area contributed by atoms with Crippen LogP contribution in [0.4, 0.5) is 10.1 Å². The number of nitrogens with zero attached hydrogens (tertiary/aromatic N) is 2. The van der Waals surface area contributed by atoms with Crippen molar-refractivity contribution in [2.24, 2.45) is 0 Å². The van der Waals surface area contributed by atoms with Crippen LogP contribution in [0.2, 0.25) is 5.02 Å². The highest BCUT2D eigenvalue weighted by Crippen LogP contribution is 2.23. The van der Waals surface area contributed by atoms with Gasteiger partial charge in [0.25, 0.3) is 0 Å². The number of hydrogen-bond donors (Lipinski definition) is 1. The highest BCUT2D eigenvalue weighted by atomic mass is 35.5. The van der Waals surface area contributed by atoms with Gasteiger partial charge in [-0.25, -0.2) is 4.39 Å². The Labute approximate surface area is 115 Å². The van der Waals surface area contributed by atoms with Gasteiger partial charge in [-0.15, -0.1) is 0 Å². The van der Waals surface area contributed by atoms with Gasteiger partial charge in [-0.3, -0.25) is 9.48 Å². The second-order valence-corrected chi connectivity index (χ2v) is 4.53. The number of halogens is 2. The molecule has 1 aromatic carbocycles. The van der Waals surface area contributed by atoms with Crippen LogP contribution in [0.5, 0.6) is 0 Å². The molecule has 1 aromatic heterocycles. The lowest BCUT2D eigenvalue weighted by atomic mass is 10.1. The van der Waals surface area contributed by atoms with Crippen LogP contribution in [-0.2, 0) is 6.54 Å². The van der Waals surface area contributed by atoms with E-state index in [-0.39, 0.29) is 22.0 Å². The SMILES string of the molecule is CCCn1ncc(Cl)c1C(=O)c1cc(F)ccc1N. The summed E-state index contributed by atoms with van der Waals surface area (Å²) in [5.74, 6) is -0.942. The Morgan fingerprint density at radius 2 is 2.26 bits per heavy atom. The number of rotatable bonds is 4. The molecule has 2 N–H and O–H groups in total. The quantitative estimate of drug-likeness (QED) is 0.692. The van der Waals surface area contributed by atoms with E-state index < -0.39 is 11.6 Å². The van der Waals surface area contributed by atoms with Crippen molar-refractivity contribution < 1.29 is 9.18 Å². The third kappa shape index (κ3) is 2.61. The van der Waals surface area contributed by atoms with Crippen LogP contribution in [0, 0.1) is 5.82 Å². The fraction of sp³-hybridized carbons (Fsp3) is 0.231. The van der Waals surface area contributed by atoms with E-state index in [1.54, 1.807) is 0 Å². The maximum Gasteiger partial charge on any atom is 0.214 e. The predicted octanol–water partition coefficient (Wildman–Crippen LogP) is 2.90. The van der Waals surface area contributed by atoms with E-state index in [9.17, 15) is 9.18 Å². The van der Waals surface area contributed by atoms with Crippen molar-refractivity contribution in [3.8, 4) is 0 Å². The summed E-state index contributed by atoms with van der Waals surface area (Å²) >= 11 is 5.98. The molecule has 0 atom stereocenters. The summed E-state index contributed by atoms with van der Waals surface area (Å²) in [5, 5.41) is 4.27. The number of benzene rings is 1. The fourth-order valence-electron chi connectivity index (χ4n) is 1.82. The van der Waals surface area contributed by atoms with E-state index in [0.717, 1.165) is 12.5 Å². The van der Waals surface area contributed by atoms with E-state index in [4.69, 9.17) is 17.3 Å². The molecular formula is C13H13ClFN3O. The number of carbonyl (C=O) groups is 1. The first-order chi connectivity index (χ1) is 9.04. The van der Waals surface area contributed by atoms with Crippen LogP contribution in [0.3, 0.4) is 0 Å². The van der Waals surface area contributed by atoms with Gasteiger partial charge in [-0.05, 0) is 24.6 Å². The predicted molar refractivity (Wildman–Crippen MR) is 71.8 cm³/mol. The largest absolute Gasteiger partial charge is 0.398 e. The minimum absolute atomic E-state index is 0.0970. The molecule has 0 unspecified atom stereocenters. The molecule has 6 heteroatoms. The average molecular weight is 282 g/mol. The van der Waals surface area contributed by atoms with E-state index >= 15 is 0 Å². The summed E-state index contributed by atoms with van der Waals surface area (Å²) < 4.78 is 14.7. The highest BCUT2D eigenvalue weighted by molar-refractivity contribution is 6.34. The molecule has 0 radical (unpaired) electrons. The first-order valence-corrected chi connectivity index (χ1v) is 6.23. The molecule has 4 nitrogen and oxygen atoms in total. The molecule has 0 saturated carbocycles. The van der Waals surface area contributed by atoms with Crippen molar-refractivity contribution in [3.63, 3.8) is 0 Å². The molecule has 0 amide bonds. The second-order valence-electron chi connectivity index (χ2n) is 4.12. The third-order valence-corrected chi connectivity index (χ3v) is 2.98. The molecule has 0 bridgehead atoms. The summed E-state index contributed by atoms with van der Waals surface area (Å²) in [6.45, 7) is 2.52. The smallest absolute Gasteiger partial charge is 0.214 e. The van der Waals surface area contributed by atoms with Crippen molar-refractivity contribution in [1.29, 1.82) is 0 Å². The minimum Gasteiger partial charge on any atom is -0.398 e. The van der Waals surface area contributed by atoms with Crippen LogP contribution in [0.15, 0.2) is 24.4 Å². The Kier molecular flexibility index (Phi) is 3.85. The molecule has 100 valence electrons. The zero-order chi connectivity index (χ0) is 14.0. The molecule has 0 fully saturated rings. The van der Waals surface area contributed by atoms with Gasteiger partial charge in [0.15, 0.2) is 0 Å². The Morgan fingerprint density at radius 3 is 2.95 bits per heavy atom. The molecule has 2 rings (SSSR count). The Balaban J connectivity index is 2.49. The van der Waals surface area contributed by atoms with Crippen LogP contribution >= 0.6 is 11.6 Å². The molecule has 0 aliphatic rings. The summed E-state index contributed by atoms with van der Waals surface area (Å²) in [4.78, 5) is 12.4. The number of nitrogens with two attached hydrogens (primary N) is 1. The number of ketones is 1. The zero-order valence-corrected chi connectivity index (χ0v) is 11.1. The first kappa shape index (κ1) is 13.5. The van der Waals surface area contributed by atoms with Gasteiger partial charge in [-0.1, -0.05) is 18.5 Å². The molecule has 0 aliphatic carbocycles. The molecule has 1 heterocycles. The normalized spacial score (nSPS) is 10.7. The zero-order valence-electron chi connectivity index (χ0n) is 10.4. The lowest BCUT2D eigenvalue weighted by molar-refractivity contribution is 0.102. The van der Waals surface area contributed by atoms with Crippen molar-refractivity contribution in [2.45, 2.75) is 19.9 Å². The number of nitrogen functional groups attached to an aromatic ring is 1. The van der Waals surface area contributed by atoms with Gasteiger partial charge in [0, 0.05) is 12.2 Å². The fourth-order valence-corrected chi connectivity index (χ4v) is 2.05. The van der Waals surface area contributed by atoms with E-state index in [1.165, 1.54) is 23.0 Å². The van der Waals surface area contributed by atoms with Crippen molar-refractivity contribution in [1.82, 2.24) is 9.78 Å². The Morgan fingerprint density at radius 1 is 1.53 bits per heavy atom. The van der Waals surface area contributed by atoms with E-state index in [1.807, 2.05) is 6.92 Å². The maximum atomic E-state index is 13.2. The van der Waals surface area contributed by atoms with Crippen LogP contribution in [0.25, 0.3) is 0 Å². The summed E-state index contributed by atoms with van der Waals surface area (Å²) in [7, 11) is 0. The van der Waals surface area contributed by atoms with Crippen LogP contribution < -0.4 is 5.73 Å². The molecule has 2 aromatic rings. The number of carbonyl (C=O) groups excluding carboxylic acids is 1. The van der Waals surface area contributed by atoms with Gasteiger partial charge in [0.1, 0.15) is 11.5 Å². The average Bonchev–Trinajstić information content (AvgIpc) is 2.73. The maximum absolute atomic E-state index is 13.2. The van der Waals surface area contributed by atoms with Crippen LogP contribution in [0.1, 0.15) is 29.4 Å². The summed E-state index contributed by atoms with van der Waals surface area (Å²) in [6.07, 6.45) is 2.21.